The van der Waals surface area contributed by atoms with Crippen molar-refractivity contribution in [2.24, 2.45) is 0 Å². The number of imidazole rings is 1. The van der Waals surface area contributed by atoms with Crippen LogP contribution >= 0.6 is 0 Å². The summed E-state index contributed by atoms with van der Waals surface area (Å²) in [6.45, 7) is 0. The predicted octanol–water partition coefficient (Wildman–Crippen LogP) is 3.20. The summed E-state index contributed by atoms with van der Waals surface area (Å²) in [4.78, 5) is 23.8. The highest BCUT2D eigenvalue weighted by Crippen LogP contribution is 2.24. The third-order valence-electron chi connectivity index (χ3n) is 3.01. The molecule has 0 saturated carbocycles. The molecule has 0 fully saturated rings. The molecule has 0 bridgehead atoms. The highest BCUT2D eigenvalue weighted by molar-refractivity contribution is 5.99. The van der Waals surface area contributed by atoms with Crippen LogP contribution in [0.1, 0.15) is 0 Å². The van der Waals surface area contributed by atoms with E-state index in [9.17, 15) is 18.0 Å². The van der Waals surface area contributed by atoms with Crippen LogP contribution in [0.25, 0.3) is 5.82 Å². The fraction of sp³-hybridized carbons (Fsp3) is 0.0667. The minimum Gasteiger partial charge on any atom is -0.406 e. The van der Waals surface area contributed by atoms with Crippen LogP contribution in [0.3, 0.4) is 0 Å². The molecular weight excluding hydrogens is 353 g/mol. The van der Waals surface area contributed by atoms with Gasteiger partial charge in [-0.1, -0.05) is 0 Å². The molecule has 1 aromatic carbocycles. The summed E-state index contributed by atoms with van der Waals surface area (Å²) in [7, 11) is 0. The maximum absolute atomic E-state index is 12.1. The second kappa shape index (κ2) is 7.09. The molecule has 3 aromatic rings. The third-order valence-corrected chi connectivity index (χ3v) is 3.01. The van der Waals surface area contributed by atoms with Crippen LogP contribution in [0.4, 0.5) is 29.5 Å². The first-order valence-electron chi connectivity index (χ1n) is 7.13. The number of halogens is 3. The Labute approximate surface area is 144 Å². The molecule has 0 radical (unpaired) electrons. The second-order valence-electron chi connectivity index (χ2n) is 4.88. The van der Waals surface area contributed by atoms with E-state index in [-0.39, 0.29) is 17.3 Å². The lowest BCUT2D eigenvalue weighted by Crippen LogP contribution is -2.20. The number of rotatable bonds is 4. The molecule has 2 N–H and O–H groups in total. The first kappa shape index (κ1) is 17.2. The molecule has 0 aliphatic carbocycles. The molecule has 0 spiro atoms. The fourth-order valence-corrected chi connectivity index (χ4v) is 1.97. The van der Waals surface area contributed by atoms with Gasteiger partial charge in [-0.05, 0) is 24.3 Å². The Balaban J connectivity index is 1.61. The summed E-state index contributed by atoms with van der Waals surface area (Å²) in [6, 6.07) is 5.64. The average molecular weight is 364 g/mol. The lowest BCUT2D eigenvalue weighted by molar-refractivity contribution is -0.274. The standard InChI is InChI=1S/C15H11F3N6O2/c16-15(17,18)26-11-3-1-10(2-4-11)22-14(25)23-12-7-13(21-8-20-12)24-6-5-19-9-24/h1-9H,(H2,20,21,22,23,25). The van der Waals surface area contributed by atoms with Crippen molar-refractivity contribution in [1.29, 1.82) is 0 Å². The van der Waals surface area contributed by atoms with E-state index in [1.807, 2.05) is 0 Å². The molecule has 0 aliphatic heterocycles. The van der Waals surface area contributed by atoms with Crippen LogP contribution in [-0.2, 0) is 0 Å². The van der Waals surface area contributed by atoms with Gasteiger partial charge in [0.2, 0.25) is 0 Å². The minimum absolute atomic E-state index is 0.234. The number of carbonyl (C=O) groups is 1. The molecule has 0 saturated heterocycles. The van der Waals surface area contributed by atoms with E-state index >= 15 is 0 Å². The molecule has 0 aliphatic rings. The summed E-state index contributed by atoms with van der Waals surface area (Å²) in [6.07, 6.45) is 1.29. The minimum atomic E-state index is -4.77. The van der Waals surface area contributed by atoms with Crippen molar-refractivity contribution in [2.45, 2.75) is 6.36 Å². The Kier molecular flexibility index (Phi) is 4.69. The maximum atomic E-state index is 12.1. The Morgan fingerprint density at radius 2 is 1.88 bits per heavy atom. The number of benzene rings is 1. The van der Waals surface area contributed by atoms with Gasteiger partial charge in [0.15, 0.2) is 0 Å². The van der Waals surface area contributed by atoms with Crippen molar-refractivity contribution < 1.29 is 22.7 Å². The highest BCUT2D eigenvalue weighted by Gasteiger charge is 2.30. The van der Waals surface area contributed by atoms with Gasteiger partial charge in [0, 0.05) is 24.1 Å². The molecule has 8 nitrogen and oxygen atoms in total. The van der Waals surface area contributed by atoms with E-state index in [2.05, 4.69) is 30.3 Å². The van der Waals surface area contributed by atoms with Crippen molar-refractivity contribution in [1.82, 2.24) is 19.5 Å². The summed E-state index contributed by atoms with van der Waals surface area (Å²) in [5.74, 6) is 0.351. The molecule has 0 atom stereocenters. The highest BCUT2D eigenvalue weighted by atomic mass is 19.4. The molecule has 2 heterocycles. The zero-order valence-corrected chi connectivity index (χ0v) is 12.9. The monoisotopic (exact) mass is 364 g/mol. The Morgan fingerprint density at radius 3 is 2.54 bits per heavy atom. The van der Waals surface area contributed by atoms with Gasteiger partial charge in [-0.25, -0.2) is 19.7 Å². The lowest BCUT2D eigenvalue weighted by Gasteiger charge is -2.10. The van der Waals surface area contributed by atoms with Crippen molar-refractivity contribution in [2.75, 3.05) is 10.6 Å². The zero-order valence-electron chi connectivity index (χ0n) is 12.9. The summed E-state index contributed by atoms with van der Waals surface area (Å²) < 4.78 is 41.7. The Morgan fingerprint density at radius 1 is 1.12 bits per heavy atom. The van der Waals surface area contributed by atoms with Crippen molar-refractivity contribution in [3.8, 4) is 11.6 Å². The number of hydrogen-bond donors (Lipinski definition) is 2. The lowest BCUT2D eigenvalue weighted by atomic mass is 10.3. The number of amides is 2. The largest absolute Gasteiger partial charge is 0.573 e. The number of nitrogens with one attached hydrogen (secondary N) is 2. The number of alkyl halides is 3. The van der Waals surface area contributed by atoms with E-state index in [4.69, 9.17) is 0 Å². The van der Waals surface area contributed by atoms with Crippen LogP contribution in [0, 0.1) is 0 Å². The molecule has 134 valence electrons. The van der Waals surface area contributed by atoms with Crippen molar-refractivity contribution in [3.05, 3.63) is 55.4 Å². The number of carbonyl (C=O) groups excluding carboxylic acids is 1. The van der Waals surface area contributed by atoms with E-state index in [1.165, 1.54) is 30.9 Å². The van der Waals surface area contributed by atoms with E-state index < -0.39 is 12.4 Å². The summed E-state index contributed by atoms with van der Waals surface area (Å²) >= 11 is 0. The van der Waals surface area contributed by atoms with Crippen LogP contribution < -0.4 is 15.4 Å². The van der Waals surface area contributed by atoms with Gasteiger partial charge >= 0.3 is 12.4 Å². The molecular formula is C15H11F3N6O2. The van der Waals surface area contributed by atoms with Crippen molar-refractivity contribution in [3.63, 3.8) is 0 Å². The van der Waals surface area contributed by atoms with Crippen LogP contribution in [0.2, 0.25) is 0 Å². The number of anilines is 2. The number of nitrogens with zero attached hydrogens (tertiary/aromatic N) is 4. The summed E-state index contributed by atoms with van der Waals surface area (Å²) in [5, 5.41) is 4.97. The second-order valence-corrected chi connectivity index (χ2v) is 4.88. The van der Waals surface area contributed by atoms with Gasteiger partial charge in [-0.2, -0.15) is 0 Å². The SMILES string of the molecule is O=C(Nc1ccc(OC(F)(F)F)cc1)Nc1cc(-n2ccnc2)ncn1. The Hall–Kier alpha value is -3.63. The molecule has 0 unspecified atom stereocenters. The van der Waals surface area contributed by atoms with E-state index in [0.717, 1.165) is 12.1 Å². The molecule has 26 heavy (non-hydrogen) atoms. The third kappa shape index (κ3) is 4.69. The number of hydrogen-bond acceptors (Lipinski definition) is 5. The quantitative estimate of drug-likeness (QED) is 0.741. The predicted molar refractivity (Wildman–Crippen MR) is 84.9 cm³/mol. The first-order chi connectivity index (χ1) is 12.4. The topological polar surface area (TPSA) is 94.0 Å². The van der Waals surface area contributed by atoms with Crippen LogP contribution in [-0.4, -0.2) is 31.9 Å². The van der Waals surface area contributed by atoms with Crippen LogP contribution in [0.15, 0.2) is 55.4 Å². The van der Waals surface area contributed by atoms with Gasteiger partial charge in [0.25, 0.3) is 0 Å². The van der Waals surface area contributed by atoms with Gasteiger partial charge in [-0.3, -0.25) is 9.88 Å². The number of aromatic nitrogens is 4. The summed E-state index contributed by atoms with van der Waals surface area (Å²) in [5.41, 5.74) is 0.279. The first-order valence-corrected chi connectivity index (χ1v) is 7.13. The molecule has 11 heteroatoms. The average Bonchev–Trinajstić information content (AvgIpc) is 3.10. The normalized spacial score (nSPS) is 11.0. The molecule has 2 amide bonds. The van der Waals surface area contributed by atoms with Crippen molar-refractivity contribution >= 4 is 17.5 Å². The van der Waals surface area contributed by atoms with E-state index in [0.29, 0.717) is 5.82 Å². The van der Waals surface area contributed by atoms with Gasteiger partial charge in [-0.15, -0.1) is 13.2 Å². The molecule has 2 aromatic heterocycles. The number of urea groups is 1. The van der Waals surface area contributed by atoms with Gasteiger partial charge < -0.3 is 10.1 Å². The Bertz CT molecular complexity index is 881. The molecule has 3 rings (SSSR count). The fourth-order valence-electron chi connectivity index (χ4n) is 1.97. The smallest absolute Gasteiger partial charge is 0.406 e. The van der Waals surface area contributed by atoms with E-state index in [1.54, 1.807) is 17.0 Å². The number of ether oxygens (including phenoxy) is 1. The maximum Gasteiger partial charge on any atom is 0.573 e. The van der Waals surface area contributed by atoms with Gasteiger partial charge in [0.05, 0.1) is 0 Å². The van der Waals surface area contributed by atoms with Crippen LogP contribution in [0.5, 0.6) is 5.75 Å². The zero-order chi connectivity index (χ0) is 18.6. The van der Waals surface area contributed by atoms with Gasteiger partial charge in [0.1, 0.15) is 30.0 Å².